The van der Waals surface area contributed by atoms with E-state index in [2.05, 4.69) is 47.9 Å². The highest BCUT2D eigenvalue weighted by molar-refractivity contribution is 7.94. The van der Waals surface area contributed by atoms with E-state index in [1.165, 1.54) is 16.9 Å². The minimum absolute atomic E-state index is 0.266. The molecule has 0 fully saturated rings. The van der Waals surface area contributed by atoms with Gasteiger partial charge in [-0.15, -0.1) is 11.3 Å². The molecule has 0 unspecified atom stereocenters. The zero-order chi connectivity index (χ0) is 18.0. The summed E-state index contributed by atoms with van der Waals surface area (Å²) in [6, 6.07) is 10.9. The average molecular weight is 374 g/mol. The Hall–Kier alpha value is -2.38. The molecular formula is C18H19N3O2S2. The SMILES string of the molecule is Cc1cc(C)c(Nc2ccc(NS(=O)(=O)c3cccs3)nc2)c(C)c1. The van der Waals surface area contributed by atoms with Crippen molar-refractivity contribution in [3.63, 3.8) is 0 Å². The second-order valence-electron chi connectivity index (χ2n) is 5.87. The summed E-state index contributed by atoms with van der Waals surface area (Å²) >= 11 is 1.17. The Balaban J connectivity index is 1.77. The van der Waals surface area contributed by atoms with Crippen LogP contribution in [0.4, 0.5) is 17.2 Å². The van der Waals surface area contributed by atoms with Gasteiger partial charge in [-0.3, -0.25) is 4.72 Å². The molecular weight excluding hydrogens is 354 g/mol. The third-order valence-corrected chi connectivity index (χ3v) is 6.46. The average Bonchev–Trinajstić information content (AvgIpc) is 3.07. The number of sulfonamides is 1. The predicted molar refractivity (Wildman–Crippen MR) is 103 cm³/mol. The van der Waals surface area contributed by atoms with Crippen LogP contribution in [-0.4, -0.2) is 13.4 Å². The predicted octanol–water partition coefficient (Wildman–Crippen LogP) is 4.61. The zero-order valence-electron chi connectivity index (χ0n) is 14.2. The maximum absolute atomic E-state index is 12.2. The lowest BCUT2D eigenvalue weighted by Crippen LogP contribution is -2.12. The van der Waals surface area contributed by atoms with Gasteiger partial charge in [0.05, 0.1) is 11.9 Å². The monoisotopic (exact) mass is 373 g/mol. The number of rotatable bonds is 5. The second kappa shape index (κ2) is 6.85. The van der Waals surface area contributed by atoms with Gasteiger partial charge >= 0.3 is 0 Å². The first kappa shape index (κ1) is 17.4. The fourth-order valence-electron chi connectivity index (χ4n) is 2.65. The molecule has 0 aliphatic heterocycles. The first-order valence-electron chi connectivity index (χ1n) is 7.72. The van der Waals surface area contributed by atoms with Gasteiger partial charge in [-0.2, -0.15) is 0 Å². The third-order valence-electron chi connectivity index (χ3n) is 3.71. The molecule has 3 aromatic rings. The fraction of sp³-hybridized carbons (Fsp3) is 0.167. The van der Waals surface area contributed by atoms with Crippen molar-refractivity contribution >= 4 is 38.6 Å². The smallest absolute Gasteiger partial charge is 0.272 e. The van der Waals surface area contributed by atoms with Gasteiger partial charge in [-0.25, -0.2) is 13.4 Å². The van der Waals surface area contributed by atoms with Crippen LogP contribution in [0.2, 0.25) is 0 Å². The molecule has 0 atom stereocenters. The van der Waals surface area contributed by atoms with Crippen LogP contribution >= 0.6 is 11.3 Å². The highest BCUT2D eigenvalue weighted by Crippen LogP contribution is 2.26. The lowest BCUT2D eigenvalue weighted by Gasteiger charge is -2.14. The summed E-state index contributed by atoms with van der Waals surface area (Å²) in [6.45, 7) is 6.18. The summed E-state index contributed by atoms with van der Waals surface area (Å²) < 4.78 is 27.2. The molecule has 0 saturated carbocycles. The van der Waals surface area contributed by atoms with E-state index < -0.39 is 10.0 Å². The minimum atomic E-state index is -3.57. The Labute approximate surface area is 151 Å². The van der Waals surface area contributed by atoms with Crippen molar-refractivity contribution < 1.29 is 8.42 Å². The first-order chi connectivity index (χ1) is 11.8. The molecule has 0 bridgehead atoms. The van der Waals surface area contributed by atoms with Crippen molar-refractivity contribution in [1.82, 2.24) is 4.98 Å². The summed E-state index contributed by atoms with van der Waals surface area (Å²) in [5.74, 6) is 0.288. The minimum Gasteiger partial charge on any atom is -0.354 e. The molecule has 2 aromatic heterocycles. The van der Waals surface area contributed by atoms with E-state index >= 15 is 0 Å². The van der Waals surface area contributed by atoms with Crippen LogP contribution in [0, 0.1) is 20.8 Å². The van der Waals surface area contributed by atoms with E-state index in [-0.39, 0.29) is 10.0 Å². The molecule has 3 rings (SSSR count). The molecule has 7 heteroatoms. The third kappa shape index (κ3) is 4.00. The molecule has 0 spiro atoms. The fourth-order valence-corrected chi connectivity index (χ4v) is 4.66. The molecule has 0 aliphatic carbocycles. The van der Waals surface area contributed by atoms with Crippen LogP contribution in [-0.2, 0) is 10.0 Å². The van der Waals surface area contributed by atoms with Gasteiger partial charge in [0.1, 0.15) is 10.0 Å². The van der Waals surface area contributed by atoms with Crippen molar-refractivity contribution in [3.8, 4) is 0 Å². The quantitative estimate of drug-likeness (QED) is 0.685. The van der Waals surface area contributed by atoms with Gasteiger partial charge in [0, 0.05) is 5.69 Å². The summed E-state index contributed by atoms with van der Waals surface area (Å²) in [6.07, 6.45) is 1.62. The molecule has 0 saturated heterocycles. The van der Waals surface area contributed by atoms with Crippen LogP contribution in [0.1, 0.15) is 16.7 Å². The molecule has 25 heavy (non-hydrogen) atoms. The van der Waals surface area contributed by atoms with Crippen molar-refractivity contribution in [2.75, 3.05) is 10.0 Å². The summed E-state index contributed by atoms with van der Waals surface area (Å²) in [4.78, 5) is 4.20. The Kier molecular flexibility index (Phi) is 4.78. The lowest BCUT2D eigenvalue weighted by molar-refractivity contribution is 0.603. The Bertz CT molecular complexity index is 957. The largest absolute Gasteiger partial charge is 0.354 e. The van der Waals surface area contributed by atoms with Crippen LogP contribution in [0.25, 0.3) is 0 Å². The standard InChI is InChI=1S/C18H19N3O2S2/c1-12-9-13(2)18(14(3)10-12)20-15-6-7-16(19-11-15)21-25(22,23)17-5-4-8-24-17/h4-11,20H,1-3H3,(H,19,21). The number of pyridine rings is 1. The summed E-state index contributed by atoms with van der Waals surface area (Å²) in [5.41, 5.74) is 5.37. The number of hydrogen-bond acceptors (Lipinski definition) is 5. The normalized spacial score (nSPS) is 11.3. The van der Waals surface area contributed by atoms with Crippen LogP contribution in [0.3, 0.4) is 0 Å². The molecule has 0 amide bonds. The van der Waals surface area contributed by atoms with Crippen LogP contribution in [0.5, 0.6) is 0 Å². The Morgan fingerprint density at radius 1 is 1.04 bits per heavy atom. The first-order valence-corrected chi connectivity index (χ1v) is 10.1. The van der Waals surface area contributed by atoms with Gasteiger partial charge in [0.25, 0.3) is 10.0 Å². The van der Waals surface area contributed by atoms with Crippen molar-refractivity contribution in [3.05, 3.63) is 64.7 Å². The molecule has 5 nitrogen and oxygen atoms in total. The van der Waals surface area contributed by atoms with E-state index in [9.17, 15) is 8.42 Å². The second-order valence-corrected chi connectivity index (χ2v) is 8.73. The van der Waals surface area contributed by atoms with Crippen molar-refractivity contribution in [1.29, 1.82) is 0 Å². The number of thiophene rings is 1. The van der Waals surface area contributed by atoms with Gasteiger partial charge in [-0.05, 0) is 55.5 Å². The maximum Gasteiger partial charge on any atom is 0.272 e. The summed E-state index contributed by atoms with van der Waals surface area (Å²) in [5, 5.41) is 5.07. The topological polar surface area (TPSA) is 71.1 Å². The number of anilines is 3. The number of benzene rings is 1. The number of nitrogens with one attached hydrogen (secondary N) is 2. The highest BCUT2D eigenvalue weighted by atomic mass is 32.2. The lowest BCUT2D eigenvalue weighted by atomic mass is 10.1. The molecule has 2 N–H and O–H groups in total. The molecule has 2 heterocycles. The maximum atomic E-state index is 12.2. The van der Waals surface area contributed by atoms with E-state index in [1.807, 2.05) is 0 Å². The number of aryl methyl sites for hydroxylation is 3. The Morgan fingerprint density at radius 2 is 1.76 bits per heavy atom. The Morgan fingerprint density at radius 3 is 2.32 bits per heavy atom. The van der Waals surface area contributed by atoms with E-state index in [0.717, 1.165) is 22.5 Å². The van der Waals surface area contributed by atoms with Crippen molar-refractivity contribution in [2.24, 2.45) is 0 Å². The van der Waals surface area contributed by atoms with Gasteiger partial charge < -0.3 is 5.32 Å². The van der Waals surface area contributed by atoms with Crippen molar-refractivity contribution in [2.45, 2.75) is 25.0 Å². The van der Waals surface area contributed by atoms with Gasteiger partial charge in [0.15, 0.2) is 0 Å². The van der Waals surface area contributed by atoms with Crippen LogP contribution in [0.15, 0.2) is 52.2 Å². The molecule has 0 radical (unpaired) electrons. The molecule has 130 valence electrons. The summed E-state index contributed by atoms with van der Waals surface area (Å²) in [7, 11) is -3.57. The van der Waals surface area contributed by atoms with Gasteiger partial charge in [-0.1, -0.05) is 23.8 Å². The highest BCUT2D eigenvalue weighted by Gasteiger charge is 2.15. The molecule has 1 aromatic carbocycles. The zero-order valence-corrected chi connectivity index (χ0v) is 15.8. The van der Waals surface area contributed by atoms with Gasteiger partial charge in [0.2, 0.25) is 0 Å². The molecule has 0 aliphatic rings. The number of aromatic nitrogens is 1. The van der Waals surface area contributed by atoms with E-state index in [1.54, 1.807) is 35.8 Å². The van der Waals surface area contributed by atoms with E-state index in [0.29, 0.717) is 0 Å². The number of hydrogen-bond donors (Lipinski definition) is 2. The van der Waals surface area contributed by atoms with Crippen LogP contribution < -0.4 is 10.0 Å². The van der Waals surface area contributed by atoms with E-state index in [4.69, 9.17) is 0 Å². The number of nitrogens with zero attached hydrogens (tertiary/aromatic N) is 1.